The SMILES string of the molecule is CSCC[C@@H](N)[P+](=O)O. The average molecular weight is 168 g/mol. The predicted molar refractivity (Wildman–Crippen MR) is 40.8 cm³/mol. The molecule has 0 saturated carbocycles. The van der Waals surface area contributed by atoms with Gasteiger partial charge in [0.1, 0.15) is 0 Å². The molecule has 0 spiro atoms. The molecule has 0 heterocycles. The minimum atomic E-state index is -2.16. The van der Waals surface area contributed by atoms with Crippen molar-refractivity contribution in [3.8, 4) is 0 Å². The first kappa shape index (κ1) is 9.37. The normalized spacial score (nSPS) is 15.2. The lowest BCUT2D eigenvalue weighted by atomic mass is 10.5. The van der Waals surface area contributed by atoms with Crippen LogP contribution in [-0.2, 0) is 4.57 Å². The molecule has 3 N–H and O–H groups in total. The molecule has 0 radical (unpaired) electrons. The molecular formula is C4H11NO2PS+. The average Bonchev–Trinajstić information content (AvgIpc) is 1.82. The lowest BCUT2D eigenvalue weighted by Crippen LogP contribution is -2.15. The van der Waals surface area contributed by atoms with Gasteiger partial charge in [-0.25, -0.2) is 0 Å². The van der Waals surface area contributed by atoms with E-state index in [9.17, 15) is 4.57 Å². The third-order valence-electron chi connectivity index (χ3n) is 0.901. The van der Waals surface area contributed by atoms with Crippen LogP contribution in [0.4, 0.5) is 0 Å². The van der Waals surface area contributed by atoms with Gasteiger partial charge < -0.3 is 0 Å². The maximum absolute atomic E-state index is 10.2. The lowest BCUT2D eigenvalue weighted by molar-refractivity contribution is 0.488. The van der Waals surface area contributed by atoms with Gasteiger partial charge in [0, 0.05) is 6.42 Å². The van der Waals surface area contributed by atoms with Crippen LogP contribution >= 0.6 is 19.8 Å². The van der Waals surface area contributed by atoms with Gasteiger partial charge in [0.15, 0.2) is 0 Å². The Hall–Kier alpha value is 0.370. The van der Waals surface area contributed by atoms with E-state index in [1.807, 2.05) is 6.26 Å². The summed E-state index contributed by atoms with van der Waals surface area (Å²) in [6.07, 6.45) is 2.56. The van der Waals surface area contributed by atoms with E-state index >= 15 is 0 Å². The van der Waals surface area contributed by atoms with Gasteiger partial charge in [-0.15, -0.1) is 0 Å². The second-order valence-corrected chi connectivity index (χ2v) is 3.91. The van der Waals surface area contributed by atoms with Gasteiger partial charge >= 0.3 is 8.03 Å². The van der Waals surface area contributed by atoms with Crippen molar-refractivity contribution in [2.45, 2.75) is 12.2 Å². The minimum absolute atomic E-state index is 0.535. The predicted octanol–water partition coefficient (Wildman–Crippen LogP) is 0.759. The fourth-order valence-electron chi connectivity index (χ4n) is 0.349. The van der Waals surface area contributed by atoms with Gasteiger partial charge in [0.05, 0.1) is 0 Å². The molecule has 0 amide bonds. The van der Waals surface area contributed by atoms with E-state index in [-0.39, 0.29) is 0 Å². The summed E-state index contributed by atoms with van der Waals surface area (Å²) >= 11 is 1.63. The Kier molecular flexibility index (Phi) is 5.39. The molecule has 9 heavy (non-hydrogen) atoms. The summed E-state index contributed by atoms with van der Waals surface area (Å²) in [4.78, 5) is 8.42. The van der Waals surface area contributed by atoms with Gasteiger partial charge in [0.25, 0.3) is 0 Å². The number of nitrogens with two attached hydrogens (primary N) is 1. The Morgan fingerprint density at radius 1 is 1.89 bits per heavy atom. The highest BCUT2D eigenvalue weighted by Crippen LogP contribution is 2.21. The summed E-state index contributed by atoms with van der Waals surface area (Å²) < 4.78 is 10.2. The molecule has 0 saturated heterocycles. The van der Waals surface area contributed by atoms with Gasteiger partial charge in [-0.05, 0) is 16.6 Å². The molecule has 0 aromatic rings. The van der Waals surface area contributed by atoms with Crippen LogP contribution in [0.2, 0.25) is 0 Å². The van der Waals surface area contributed by atoms with Crippen LogP contribution in [0.15, 0.2) is 0 Å². The van der Waals surface area contributed by atoms with Crippen molar-refractivity contribution in [3.05, 3.63) is 0 Å². The smallest absolute Gasteiger partial charge is 0.285 e. The third kappa shape index (κ3) is 4.85. The molecule has 0 fully saturated rings. The minimum Gasteiger partial charge on any atom is -0.285 e. The van der Waals surface area contributed by atoms with Crippen molar-refractivity contribution in [3.63, 3.8) is 0 Å². The monoisotopic (exact) mass is 168 g/mol. The molecule has 0 aromatic heterocycles. The van der Waals surface area contributed by atoms with Crippen LogP contribution in [0.1, 0.15) is 6.42 Å². The van der Waals surface area contributed by atoms with Crippen molar-refractivity contribution in [2.24, 2.45) is 5.73 Å². The molecule has 0 aliphatic carbocycles. The van der Waals surface area contributed by atoms with E-state index in [1.165, 1.54) is 0 Å². The zero-order chi connectivity index (χ0) is 7.28. The number of hydrogen-bond acceptors (Lipinski definition) is 3. The van der Waals surface area contributed by atoms with Gasteiger partial charge in [0.2, 0.25) is 5.78 Å². The molecular weight excluding hydrogens is 157 g/mol. The lowest BCUT2D eigenvalue weighted by Gasteiger charge is -1.93. The first-order valence-electron chi connectivity index (χ1n) is 2.58. The highest BCUT2D eigenvalue weighted by Gasteiger charge is 2.22. The quantitative estimate of drug-likeness (QED) is 0.608. The van der Waals surface area contributed by atoms with E-state index in [2.05, 4.69) is 0 Å². The molecule has 0 bridgehead atoms. The zero-order valence-electron chi connectivity index (χ0n) is 5.28. The highest BCUT2D eigenvalue weighted by molar-refractivity contribution is 7.98. The molecule has 0 aromatic carbocycles. The summed E-state index contributed by atoms with van der Waals surface area (Å²) in [5.41, 5.74) is 5.26. The molecule has 5 heteroatoms. The van der Waals surface area contributed by atoms with Crippen LogP contribution in [0.5, 0.6) is 0 Å². The molecule has 0 aliphatic heterocycles. The van der Waals surface area contributed by atoms with Gasteiger partial charge in [-0.3, -0.25) is 5.73 Å². The van der Waals surface area contributed by atoms with E-state index in [4.69, 9.17) is 10.6 Å². The van der Waals surface area contributed by atoms with E-state index < -0.39 is 13.8 Å². The first-order chi connectivity index (χ1) is 4.18. The second kappa shape index (κ2) is 5.18. The van der Waals surface area contributed by atoms with E-state index in [1.54, 1.807) is 11.8 Å². The maximum atomic E-state index is 10.2. The van der Waals surface area contributed by atoms with Crippen molar-refractivity contribution in [1.82, 2.24) is 0 Å². The first-order valence-corrected chi connectivity index (χ1v) is 5.25. The van der Waals surface area contributed by atoms with Crippen LogP contribution in [0.3, 0.4) is 0 Å². The Balaban J connectivity index is 3.27. The number of thioether (sulfide) groups is 1. The standard InChI is InChI=1S/C4H10NO2PS/c1-9-3-2-4(5)8(6)7/h4H,2-3,5H2,1H3/p+1/t4-/m0/s1. The Labute approximate surface area is 59.9 Å². The summed E-state index contributed by atoms with van der Waals surface area (Å²) in [6, 6.07) is 0. The number of rotatable bonds is 4. The molecule has 0 rings (SSSR count). The second-order valence-electron chi connectivity index (χ2n) is 1.65. The fourth-order valence-corrected chi connectivity index (χ4v) is 1.36. The third-order valence-corrected chi connectivity index (χ3v) is 2.37. The van der Waals surface area contributed by atoms with Crippen molar-refractivity contribution in [1.29, 1.82) is 0 Å². The van der Waals surface area contributed by atoms with Gasteiger partial charge in [-0.1, -0.05) is 0 Å². The summed E-state index contributed by atoms with van der Waals surface area (Å²) in [5.74, 6) is 0.315. The Morgan fingerprint density at radius 3 is 2.78 bits per heavy atom. The van der Waals surface area contributed by atoms with E-state index in [0.717, 1.165) is 5.75 Å². The van der Waals surface area contributed by atoms with Crippen LogP contribution in [0.25, 0.3) is 0 Å². The zero-order valence-corrected chi connectivity index (χ0v) is 6.99. The van der Waals surface area contributed by atoms with Crippen molar-refractivity contribution < 1.29 is 9.46 Å². The Morgan fingerprint density at radius 2 is 2.44 bits per heavy atom. The van der Waals surface area contributed by atoms with E-state index in [0.29, 0.717) is 6.42 Å². The Bertz CT molecular complexity index is 101. The molecule has 0 aliphatic rings. The highest BCUT2D eigenvalue weighted by atomic mass is 32.2. The molecule has 1 unspecified atom stereocenters. The molecule has 54 valence electrons. The van der Waals surface area contributed by atoms with Gasteiger partial charge in [-0.2, -0.15) is 16.7 Å². The maximum Gasteiger partial charge on any atom is 0.524 e. The van der Waals surface area contributed by atoms with Crippen molar-refractivity contribution in [2.75, 3.05) is 12.0 Å². The van der Waals surface area contributed by atoms with Crippen molar-refractivity contribution >= 4 is 19.8 Å². The fraction of sp³-hybridized carbons (Fsp3) is 1.00. The largest absolute Gasteiger partial charge is 0.524 e. The summed E-state index contributed by atoms with van der Waals surface area (Å²) in [5, 5.41) is 0. The number of hydrogen-bond donors (Lipinski definition) is 2. The molecule has 2 atom stereocenters. The molecule has 3 nitrogen and oxygen atoms in total. The van der Waals surface area contributed by atoms with Crippen LogP contribution < -0.4 is 5.73 Å². The van der Waals surface area contributed by atoms with Crippen LogP contribution in [-0.4, -0.2) is 22.7 Å². The topological polar surface area (TPSA) is 63.3 Å². The summed E-state index contributed by atoms with van der Waals surface area (Å²) in [7, 11) is -2.16. The summed E-state index contributed by atoms with van der Waals surface area (Å²) in [6.45, 7) is 0. The van der Waals surface area contributed by atoms with Crippen LogP contribution in [0, 0.1) is 0 Å².